The predicted molar refractivity (Wildman–Crippen MR) is 52.1 cm³/mol. The van der Waals surface area contributed by atoms with Crippen LogP contribution >= 0.6 is 11.6 Å². The van der Waals surface area contributed by atoms with Crippen molar-refractivity contribution in [2.45, 2.75) is 12.3 Å². The Morgan fingerprint density at radius 3 is 2.38 bits per heavy atom. The Balaban J connectivity index is 3.11. The van der Waals surface area contributed by atoms with Crippen LogP contribution in [0.1, 0.15) is 12.5 Å². The number of carboxylic acids is 1. The van der Waals surface area contributed by atoms with Gasteiger partial charge in [-0.05, 0) is 12.5 Å². The molecule has 0 bridgehead atoms. The maximum Gasteiger partial charge on any atom is 0.315 e. The van der Waals surface area contributed by atoms with Crippen molar-refractivity contribution in [2.75, 3.05) is 5.88 Å². The summed E-state index contributed by atoms with van der Waals surface area (Å²) in [5.74, 6) is -0.819. The summed E-state index contributed by atoms with van der Waals surface area (Å²) < 4.78 is 0. The van der Waals surface area contributed by atoms with Crippen molar-refractivity contribution in [3.05, 3.63) is 35.9 Å². The van der Waals surface area contributed by atoms with Crippen LogP contribution in [-0.2, 0) is 10.2 Å². The molecule has 3 heteroatoms. The summed E-state index contributed by atoms with van der Waals surface area (Å²) in [7, 11) is 0. The van der Waals surface area contributed by atoms with Crippen molar-refractivity contribution in [3.63, 3.8) is 0 Å². The topological polar surface area (TPSA) is 37.3 Å². The first-order chi connectivity index (χ1) is 6.11. The van der Waals surface area contributed by atoms with Crippen LogP contribution in [0.2, 0.25) is 0 Å². The van der Waals surface area contributed by atoms with E-state index in [0.717, 1.165) is 5.56 Å². The van der Waals surface area contributed by atoms with E-state index in [4.69, 9.17) is 16.7 Å². The zero-order chi connectivity index (χ0) is 9.90. The fourth-order valence-corrected chi connectivity index (χ4v) is 1.33. The van der Waals surface area contributed by atoms with Crippen molar-refractivity contribution in [3.8, 4) is 0 Å². The van der Waals surface area contributed by atoms with Crippen LogP contribution in [-0.4, -0.2) is 17.0 Å². The lowest BCUT2D eigenvalue weighted by Gasteiger charge is -2.21. The molecule has 0 unspecified atom stereocenters. The van der Waals surface area contributed by atoms with Gasteiger partial charge in [0.25, 0.3) is 0 Å². The molecule has 13 heavy (non-hydrogen) atoms. The average Bonchev–Trinajstić information content (AvgIpc) is 2.17. The molecule has 1 atom stereocenters. The second-order valence-corrected chi connectivity index (χ2v) is 3.40. The Hall–Kier alpha value is -1.02. The van der Waals surface area contributed by atoms with Gasteiger partial charge < -0.3 is 5.11 Å². The van der Waals surface area contributed by atoms with Gasteiger partial charge in [0.1, 0.15) is 5.41 Å². The smallest absolute Gasteiger partial charge is 0.315 e. The van der Waals surface area contributed by atoms with Gasteiger partial charge in [0.15, 0.2) is 0 Å². The van der Waals surface area contributed by atoms with E-state index in [1.165, 1.54) is 0 Å². The normalized spacial score (nSPS) is 14.9. The lowest BCUT2D eigenvalue weighted by atomic mass is 9.85. The summed E-state index contributed by atoms with van der Waals surface area (Å²) in [4.78, 5) is 11.0. The standard InChI is InChI=1S/C10H11ClO2/c1-10(7-11,9(12)13)8-5-3-2-4-6-8/h2-6H,7H2,1H3,(H,12,13)/t10-/m0/s1. The van der Waals surface area contributed by atoms with Crippen LogP contribution < -0.4 is 0 Å². The summed E-state index contributed by atoms with van der Waals surface area (Å²) in [6.07, 6.45) is 0. The molecule has 1 aromatic carbocycles. The van der Waals surface area contributed by atoms with E-state index < -0.39 is 11.4 Å². The molecule has 0 heterocycles. The molecular weight excluding hydrogens is 188 g/mol. The number of carboxylic acid groups (broad SMARTS) is 1. The quantitative estimate of drug-likeness (QED) is 0.757. The highest BCUT2D eigenvalue weighted by Crippen LogP contribution is 2.25. The van der Waals surface area contributed by atoms with Crippen LogP contribution in [0, 0.1) is 0 Å². The highest BCUT2D eigenvalue weighted by atomic mass is 35.5. The first-order valence-corrected chi connectivity index (χ1v) is 4.49. The van der Waals surface area contributed by atoms with Gasteiger partial charge >= 0.3 is 5.97 Å². The second kappa shape index (κ2) is 3.79. The fraction of sp³-hybridized carbons (Fsp3) is 0.300. The molecule has 1 aromatic rings. The van der Waals surface area contributed by atoms with Gasteiger partial charge in [0.2, 0.25) is 0 Å². The second-order valence-electron chi connectivity index (χ2n) is 3.14. The number of aliphatic carboxylic acids is 1. The van der Waals surface area contributed by atoms with E-state index >= 15 is 0 Å². The largest absolute Gasteiger partial charge is 0.481 e. The molecule has 70 valence electrons. The summed E-state index contributed by atoms with van der Waals surface area (Å²) in [5, 5.41) is 9.00. The Morgan fingerprint density at radius 1 is 1.46 bits per heavy atom. The van der Waals surface area contributed by atoms with Crippen LogP contribution in [0.25, 0.3) is 0 Å². The highest BCUT2D eigenvalue weighted by molar-refractivity contribution is 6.20. The monoisotopic (exact) mass is 198 g/mol. The minimum absolute atomic E-state index is 0.0757. The molecule has 1 N–H and O–H groups in total. The molecule has 0 fully saturated rings. The molecule has 0 aliphatic carbocycles. The Labute approximate surface area is 82.2 Å². The number of hydrogen-bond donors (Lipinski definition) is 1. The van der Waals surface area contributed by atoms with Crippen molar-refractivity contribution in [2.24, 2.45) is 0 Å². The van der Waals surface area contributed by atoms with Gasteiger partial charge in [0, 0.05) is 5.88 Å². The first kappa shape index (κ1) is 10.1. The summed E-state index contributed by atoms with van der Waals surface area (Å²) in [6.45, 7) is 1.62. The molecule has 0 aliphatic rings. The number of halogens is 1. The van der Waals surface area contributed by atoms with E-state index in [-0.39, 0.29) is 5.88 Å². The SMILES string of the molecule is C[C@@](CCl)(C(=O)O)c1ccccc1. The van der Waals surface area contributed by atoms with Gasteiger partial charge in [-0.3, -0.25) is 4.79 Å². The summed E-state index contributed by atoms with van der Waals surface area (Å²) in [5.41, 5.74) is -0.250. The molecule has 0 aliphatic heterocycles. The third-order valence-corrected chi connectivity index (χ3v) is 2.68. The summed E-state index contributed by atoms with van der Waals surface area (Å²) in [6, 6.07) is 9.01. The number of carbonyl (C=O) groups is 1. The zero-order valence-electron chi connectivity index (χ0n) is 7.33. The maximum absolute atomic E-state index is 11.0. The number of benzene rings is 1. The lowest BCUT2D eigenvalue weighted by Crippen LogP contribution is -2.34. The molecule has 0 radical (unpaired) electrons. The van der Waals surface area contributed by atoms with Crippen LogP contribution in [0.5, 0.6) is 0 Å². The van der Waals surface area contributed by atoms with E-state index in [0.29, 0.717) is 0 Å². The zero-order valence-corrected chi connectivity index (χ0v) is 8.08. The first-order valence-electron chi connectivity index (χ1n) is 3.96. The molecule has 1 rings (SSSR count). The van der Waals surface area contributed by atoms with Crippen LogP contribution in [0.3, 0.4) is 0 Å². The van der Waals surface area contributed by atoms with Gasteiger partial charge in [-0.15, -0.1) is 11.6 Å². The fourth-order valence-electron chi connectivity index (χ4n) is 1.06. The third-order valence-electron chi connectivity index (χ3n) is 2.15. The molecule has 0 aromatic heterocycles. The third kappa shape index (κ3) is 1.83. The van der Waals surface area contributed by atoms with E-state index in [2.05, 4.69) is 0 Å². The minimum Gasteiger partial charge on any atom is -0.481 e. The molecule has 0 saturated carbocycles. The van der Waals surface area contributed by atoms with Crippen molar-refractivity contribution < 1.29 is 9.90 Å². The Morgan fingerprint density at radius 2 is 2.00 bits per heavy atom. The maximum atomic E-state index is 11.0. The average molecular weight is 199 g/mol. The van der Waals surface area contributed by atoms with Gasteiger partial charge in [-0.25, -0.2) is 0 Å². The van der Waals surface area contributed by atoms with Crippen LogP contribution in [0.4, 0.5) is 0 Å². The van der Waals surface area contributed by atoms with Gasteiger partial charge in [0.05, 0.1) is 0 Å². The summed E-state index contributed by atoms with van der Waals surface area (Å²) >= 11 is 5.66. The molecule has 0 saturated heterocycles. The molecular formula is C10H11ClO2. The Kier molecular flexibility index (Phi) is 2.94. The number of alkyl halides is 1. The van der Waals surface area contributed by atoms with E-state index in [1.807, 2.05) is 18.2 Å². The van der Waals surface area contributed by atoms with Crippen LogP contribution in [0.15, 0.2) is 30.3 Å². The highest BCUT2D eigenvalue weighted by Gasteiger charge is 2.33. The minimum atomic E-state index is -0.983. The van der Waals surface area contributed by atoms with Gasteiger partial charge in [-0.1, -0.05) is 30.3 Å². The molecule has 0 spiro atoms. The number of hydrogen-bond acceptors (Lipinski definition) is 1. The number of rotatable bonds is 3. The van der Waals surface area contributed by atoms with E-state index in [1.54, 1.807) is 19.1 Å². The van der Waals surface area contributed by atoms with Crippen molar-refractivity contribution >= 4 is 17.6 Å². The van der Waals surface area contributed by atoms with Gasteiger partial charge in [-0.2, -0.15) is 0 Å². The Bertz CT molecular complexity index is 297. The van der Waals surface area contributed by atoms with Crippen molar-refractivity contribution in [1.29, 1.82) is 0 Å². The van der Waals surface area contributed by atoms with E-state index in [9.17, 15) is 4.79 Å². The van der Waals surface area contributed by atoms with Crippen molar-refractivity contribution in [1.82, 2.24) is 0 Å². The molecule has 0 amide bonds. The molecule has 2 nitrogen and oxygen atoms in total. The lowest BCUT2D eigenvalue weighted by molar-refractivity contribution is -0.142. The predicted octanol–water partition coefficient (Wildman–Crippen LogP) is 2.27.